The number of hydrogen-bond donors (Lipinski definition) is 0. The highest BCUT2D eigenvalue weighted by molar-refractivity contribution is 14.1. The van der Waals surface area contributed by atoms with Crippen LogP contribution in [0.3, 0.4) is 0 Å². The number of likely N-dealkylation sites (N-methyl/N-ethyl adjacent to an activating group) is 1. The van der Waals surface area contributed by atoms with Crippen LogP contribution in [-0.4, -0.2) is 49.0 Å². The number of amides is 1. The molecule has 1 saturated heterocycles. The third-order valence-corrected chi connectivity index (χ3v) is 6.76. The first-order chi connectivity index (χ1) is 12.2. The van der Waals surface area contributed by atoms with Crippen molar-refractivity contribution < 1.29 is 9.18 Å². The quantitative estimate of drug-likeness (QED) is 0.352. The van der Waals surface area contributed by atoms with Gasteiger partial charge >= 0.3 is 5.69 Å². The highest BCUT2D eigenvalue weighted by Crippen LogP contribution is 2.42. The van der Waals surface area contributed by atoms with E-state index >= 15 is 4.39 Å². The van der Waals surface area contributed by atoms with Crippen molar-refractivity contribution in [2.75, 3.05) is 29.9 Å². The van der Waals surface area contributed by atoms with Crippen molar-refractivity contribution in [3.8, 4) is 0 Å². The van der Waals surface area contributed by atoms with E-state index in [9.17, 15) is 9.59 Å². The average molecular weight is 583 g/mol. The summed E-state index contributed by atoms with van der Waals surface area (Å²) in [4.78, 5) is 33.2. The fourth-order valence-corrected chi connectivity index (χ4v) is 5.28. The number of carbonyl (C=O) groups is 1. The van der Waals surface area contributed by atoms with Gasteiger partial charge in [-0.2, -0.15) is 4.98 Å². The van der Waals surface area contributed by atoms with E-state index in [1.54, 1.807) is 20.0 Å². The summed E-state index contributed by atoms with van der Waals surface area (Å²) in [7, 11) is 1.59. The molecule has 7 nitrogen and oxygen atoms in total. The Kier molecular flexibility index (Phi) is 4.42. The Hall–Kier alpha value is -1.02. The molecule has 1 amide bonds. The molecule has 0 spiro atoms. The Balaban J connectivity index is 2.17. The minimum Gasteiger partial charge on any atom is -0.338 e. The first kappa shape index (κ1) is 18.3. The SMILES string of the molecule is Cc1cc2c3c(nc(=O)n2I)N2C(C)CN(I)CC2C(=O)N(C)c3c1F. The molecule has 0 radical (unpaired) electrons. The van der Waals surface area contributed by atoms with Crippen LogP contribution in [0.25, 0.3) is 10.9 Å². The van der Waals surface area contributed by atoms with Crippen molar-refractivity contribution in [1.29, 1.82) is 0 Å². The average Bonchev–Trinajstić information content (AvgIpc) is 2.66. The molecule has 0 aliphatic carbocycles. The molecule has 1 aromatic heterocycles. The van der Waals surface area contributed by atoms with Gasteiger partial charge in [-0.25, -0.2) is 15.1 Å². The predicted octanol–water partition coefficient (Wildman–Crippen LogP) is 2.25. The molecule has 2 unspecified atom stereocenters. The van der Waals surface area contributed by atoms with Gasteiger partial charge in [0.2, 0.25) is 0 Å². The number of aromatic nitrogens is 2. The number of fused-ring (bicyclic) bond motifs is 2. The van der Waals surface area contributed by atoms with E-state index in [0.29, 0.717) is 35.4 Å². The molecule has 2 aliphatic heterocycles. The molecule has 10 heteroatoms. The van der Waals surface area contributed by atoms with Gasteiger partial charge in [-0.15, -0.1) is 0 Å². The van der Waals surface area contributed by atoms with Gasteiger partial charge in [0.15, 0.2) is 5.82 Å². The summed E-state index contributed by atoms with van der Waals surface area (Å²) in [5.74, 6) is -0.258. The van der Waals surface area contributed by atoms with Gasteiger partial charge in [-0.1, -0.05) is 0 Å². The fraction of sp³-hybridized carbons (Fsp3) is 0.438. The van der Waals surface area contributed by atoms with Gasteiger partial charge in [-0.3, -0.25) is 4.79 Å². The number of hydrogen-bond acceptors (Lipinski definition) is 5. The van der Waals surface area contributed by atoms with E-state index in [0.717, 1.165) is 0 Å². The maximum Gasteiger partial charge on any atom is 0.359 e. The zero-order valence-corrected chi connectivity index (χ0v) is 18.6. The van der Waals surface area contributed by atoms with Gasteiger partial charge in [0.25, 0.3) is 5.91 Å². The van der Waals surface area contributed by atoms with Crippen molar-refractivity contribution in [2.24, 2.45) is 0 Å². The molecule has 4 rings (SSSR count). The number of carbonyl (C=O) groups excluding carboxylic acids is 1. The first-order valence-electron chi connectivity index (χ1n) is 8.11. The molecule has 2 aromatic rings. The number of aryl methyl sites for hydroxylation is 1. The molecular formula is C16H16FI2N5O2. The molecular weight excluding hydrogens is 567 g/mol. The predicted molar refractivity (Wildman–Crippen MR) is 115 cm³/mol. The number of piperazine rings is 1. The van der Waals surface area contributed by atoms with Crippen LogP contribution in [0.1, 0.15) is 12.5 Å². The van der Waals surface area contributed by atoms with Crippen molar-refractivity contribution in [3.05, 3.63) is 27.9 Å². The zero-order chi connectivity index (χ0) is 18.9. The summed E-state index contributed by atoms with van der Waals surface area (Å²) in [6.07, 6.45) is 0. The second-order valence-electron chi connectivity index (χ2n) is 6.75. The number of nitrogens with zero attached hydrogens (tertiary/aromatic N) is 5. The summed E-state index contributed by atoms with van der Waals surface area (Å²) >= 11 is 4.07. The second-order valence-corrected chi connectivity index (χ2v) is 9.08. The molecule has 1 aromatic carbocycles. The van der Waals surface area contributed by atoms with Gasteiger partial charge in [-0.05, 0) is 25.5 Å². The molecule has 0 saturated carbocycles. The van der Waals surface area contributed by atoms with E-state index in [1.807, 2.05) is 37.8 Å². The Morgan fingerprint density at radius 3 is 2.65 bits per heavy atom. The van der Waals surface area contributed by atoms with Crippen molar-refractivity contribution in [1.82, 2.24) is 10.9 Å². The lowest BCUT2D eigenvalue weighted by atomic mass is 10.1. The smallest absolute Gasteiger partial charge is 0.338 e. The van der Waals surface area contributed by atoms with Crippen LogP contribution in [0, 0.1) is 12.7 Å². The Morgan fingerprint density at radius 2 is 1.96 bits per heavy atom. The second kappa shape index (κ2) is 6.26. The van der Waals surface area contributed by atoms with E-state index < -0.39 is 17.5 Å². The van der Waals surface area contributed by atoms with E-state index in [1.165, 1.54) is 7.68 Å². The van der Waals surface area contributed by atoms with Crippen molar-refractivity contribution in [3.63, 3.8) is 0 Å². The molecule has 0 bridgehead atoms. The normalized spacial score (nSPS) is 23.4. The van der Waals surface area contributed by atoms with Crippen LogP contribution < -0.4 is 15.5 Å². The van der Waals surface area contributed by atoms with Gasteiger partial charge in [0, 0.05) is 49.0 Å². The van der Waals surface area contributed by atoms with Gasteiger partial charge in [0.05, 0.1) is 39.5 Å². The van der Waals surface area contributed by atoms with E-state index in [4.69, 9.17) is 0 Å². The van der Waals surface area contributed by atoms with Crippen LogP contribution in [0.4, 0.5) is 15.9 Å². The summed E-state index contributed by atoms with van der Waals surface area (Å²) < 4.78 is 18.5. The monoisotopic (exact) mass is 583 g/mol. The molecule has 2 atom stereocenters. The van der Waals surface area contributed by atoms with E-state index in [2.05, 4.69) is 27.8 Å². The lowest BCUT2D eigenvalue weighted by molar-refractivity contribution is -0.120. The van der Waals surface area contributed by atoms with Crippen LogP contribution in [0.15, 0.2) is 10.9 Å². The molecule has 1 fully saturated rings. The van der Waals surface area contributed by atoms with Gasteiger partial charge in [0.1, 0.15) is 11.9 Å². The molecule has 3 heterocycles. The topological polar surface area (TPSA) is 61.7 Å². The summed E-state index contributed by atoms with van der Waals surface area (Å²) in [5.41, 5.74) is 0.723. The lowest BCUT2D eigenvalue weighted by Gasteiger charge is -2.43. The Bertz CT molecular complexity index is 1010. The van der Waals surface area contributed by atoms with Crippen molar-refractivity contribution >= 4 is 74.0 Å². The van der Waals surface area contributed by atoms with E-state index in [-0.39, 0.29) is 17.6 Å². The van der Waals surface area contributed by atoms with Crippen LogP contribution in [-0.2, 0) is 4.79 Å². The molecule has 26 heavy (non-hydrogen) atoms. The number of anilines is 2. The summed E-state index contributed by atoms with van der Waals surface area (Å²) in [6.45, 7) is 4.83. The van der Waals surface area contributed by atoms with Crippen LogP contribution >= 0.6 is 45.7 Å². The summed E-state index contributed by atoms with van der Waals surface area (Å²) in [5, 5.41) is 0.509. The largest absolute Gasteiger partial charge is 0.359 e. The number of benzene rings is 1. The fourth-order valence-electron chi connectivity index (χ4n) is 3.85. The third-order valence-electron chi connectivity index (χ3n) is 5.04. The highest BCUT2D eigenvalue weighted by atomic mass is 127. The lowest BCUT2D eigenvalue weighted by Crippen LogP contribution is -2.60. The minimum atomic E-state index is -0.520. The number of rotatable bonds is 0. The van der Waals surface area contributed by atoms with Gasteiger partial charge < -0.3 is 9.80 Å². The maximum atomic E-state index is 15.1. The first-order valence-corrected chi connectivity index (χ1v) is 10.0. The Morgan fingerprint density at radius 1 is 1.27 bits per heavy atom. The maximum absolute atomic E-state index is 15.1. The Labute approximate surface area is 177 Å². The molecule has 138 valence electrons. The molecule has 2 aliphatic rings. The third kappa shape index (κ3) is 2.47. The van der Waals surface area contributed by atoms with Crippen molar-refractivity contribution in [2.45, 2.75) is 25.9 Å². The minimum absolute atomic E-state index is 0.0431. The summed E-state index contributed by atoms with van der Waals surface area (Å²) in [6, 6.07) is 1.08. The highest BCUT2D eigenvalue weighted by Gasteiger charge is 2.43. The van der Waals surface area contributed by atoms with Crippen LogP contribution in [0.5, 0.6) is 0 Å². The van der Waals surface area contributed by atoms with Crippen LogP contribution in [0.2, 0.25) is 0 Å². The standard InChI is InChI=1S/C16H16FI2N5O2/c1-7-4-9-11-13(12(7)17)21(3)15(25)10-6-22(18)5-8(2)23(10)14(11)20-16(26)24(9)19/h4,8,10H,5-6H2,1-3H3. The number of halogens is 3. The molecule has 0 N–H and O–H groups in total. The zero-order valence-electron chi connectivity index (χ0n) is 14.3.